The van der Waals surface area contributed by atoms with Crippen molar-refractivity contribution in [2.24, 2.45) is 0 Å². The molecule has 1 aromatic rings. The van der Waals surface area contributed by atoms with E-state index in [9.17, 15) is 4.79 Å². The van der Waals surface area contributed by atoms with Crippen molar-refractivity contribution in [3.8, 4) is 0 Å². The van der Waals surface area contributed by atoms with Crippen molar-refractivity contribution in [3.05, 3.63) is 41.7 Å². The molecule has 0 aliphatic heterocycles. The summed E-state index contributed by atoms with van der Waals surface area (Å²) in [6.45, 7) is 4.41. The smallest absolute Gasteiger partial charge is 0.331 e. The number of carboxylic acid groups (broad SMARTS) is 1. The van der Waals surface area contributed by atoms with Gasteiger partial charge in [0.05, 0.1) is 0 Å². The molecule has 0 radical (unpaired) electrons. The van der Waals surface area contributed by atoms with Crippen LogP contribution in [0.15, 0.2) is 36.2 Å². The maximum Gasteiger partial charge on any atom is 0.331 e. The Labute approximate surface area is 101 Å². The molecule has 1 heterocycles. The second-order valence-electron chi connectivity index (χ2n) is 3.80. The summed E-state index contributed by atoms with van der Waals surface area (Å²) in [5.74, 6) is -0.844. The van der Waals surface area contributed by atoms with E-state index in [4.69, 9.17) is 5.11 Å². The molecule has 0 unspecified atom stereocenters. The van der Waals surface area contributed by atoms with Crippen molar-refractivity contribution in [3.63, 3.8) is 0 Å². The third-order valence-corrected chi connectivity index (χ3v) is 2.61. The lowest BCUT2D eigenvalue weighted by Crippen LogP contribution is -2.19. The molecule has 1 aromatic heterocycles. The number of hydrogen-bond acceptors (Lipinski definition) is 3. The van der Waals surface area contributed by atoms with Crippen LogP contribution in [0.2, 0.25) is 0 Å². The Bertz CT molecular complexity index is 388. The molecule has 0 saturated carbocycles. The molecule has 0 fully saturated rings. The van der Waals surface area contributed by atoms with E-state index in [0.29, 0.717) is 18.5 Å². The minimum atomic E-state index is -0.844. The van der Waals surface area contributed by atoms with Gasteiger partial charge in [0.25, 0.3) is 0 Å². The van der Waals surface area contributed by atoms with Gasteiger partial charge in [-0.3, -0.25) is 4.98 Å². The molecule has 1 atom stereocenters. The topological polar surface area (TPSA) is 62.2 Å². The first-order valence-corrected chi connectivity index (χ1v) is 5.70. The van der Waals surface area contributed by atoms with Gasteiger partial charge in [-0.05, 0) is 25.0 Å². The highest BCUT2D eigenvalue weighted by Gasteiger charge is 2.05. The molecule has 17 heavy (non-hydrogen) atoms. The minimum Gasteiger partial charge on any atom is -0.478 e. The lowest BCUT2D eigenvalue weighted by molar-refractivity contribution is -0.132. The maximum absolute atomic E-state index is 10.8. The lowest BCUT2D eigenvalue weighted by Gasteiger charge is -2.12. The molecule has 0 amide bonds. The number of aliphatic carboxylic acids is 1. The number of pyridine rings is 1. The van der Waals surface area contributed by atoms with Gasteiger partial charge in [0, 0.05) is 30.6 Å². The van der Waals surface area contributed by atoms with Gasteiger partial charge < -0.3 is 10.4 Å². The average molecular weight is 234 g/mol. The normalized spacial score (nSPS) is 13.4. The number of aromatic nitrogens is 1. The first-order chi connectivity index (χ1) is 8.15. The number of nitrogens with zero attached hydrogens (tertiary/aromatic N) is 1. The Hall–Kier alpha value is -1.68. The summed E-state index contributed by atoms with van der Waals surface area (Å²) >= 11 is 0. The van der Waals surface area contributed by atoms with Crippen LogP contribution in [0.25, 0.3) is 0 Å². The monoisotopic (exact) mass is 234 g/mol. The second-order valence-corrected chi connectivity index (χ2v) is 3.80. The molecule has 0 aliphatic carbocycles. The van der Waals surface area contributed by atoms with Crippen molar-refractivity contribution >= 4 is 5.97 Å². The van der Waals surface area contributed by atoms with Crippen molar-refractivity contribution in [2.75, 3.05) is 6.54 Å². The highest BCUT2D eigenvalue weighted by atomic mass is 16.4. The summed E-state index contributed by atoms with van der Waals surface area (Å²) in [6.07, 6.45) is 5.79. The third-order valence-electron chi connectivity index (χ3n) is 2.61. The van der Waals surface area contributed by atoms with Crippen LogP contribution in [0, 0.1) is 0 Å². The van der Waals surface area contributed by atoms with E-state index in [0.717, 1.165) is 5.56 Å². The van der Waals surface area contributed by atoms with Crippen LogP contribution < -0.4 is 5.32 Å². The number of carbonyl (C=O) groups is 1. The molecule has 92 valence electrons. The summed E-state index contributed by atoms with van der Waals surface area (Å²) in [6, 6.07) is 4.04. The van der Waals surface area contributed by atoms with Gasteiger partial charge in [0.2, 0.25) is 0 Å². The number of carboxylic acids is 1. The Morgan fingerprint density at radius 3 is 2.94 bits per heavy atom. The number of nitrogens with one attached hydrogen (secondary N) is 1. The Morgan fingerprint density at radius 1 is 1.65 bits per heavy atom. The van der Waals surface area contributed by atoms with Crippen molar-refractivity contribution in [1.29, 1.82) is 0 Å². The summed E-state index contributed by atoms with van der Waals surface area (Å²) < 4.78 is 0. The molecule has 1 rings (SSSR count). The first-order valence-electron chi connectivity index (χ1n) is 5.70. The molecule has 0 aromatic carbocycles. The predicted octanol–water partition coefficient (Wildman–Crippen LogP) is 2.15. The standard InChI is InChI=1S/C13H18N2O2/c1-3-11(13(16)17)6-8-15-10(2)12-5-4-7-14-9-12/h4-7,9-10,15H,3,8H2,1-2H3,(H,16,17)/b11-6-/t10-/m0/s1. The van der Waals surface area contributed by atoms with Gasteiger partial charge in [-0.2, -0.15) is 0 Å². The summed E-state index contributed by atoms with van der Waals surface area (Å²) in [5, 5.41) is 12.1. The SMILES string of the molecule is CC/C(=C/CN[C@@H](C)c1cccnc1)C(=O)O. The molecular weight excluding hydrogens is 216 g/mol. The fourth-order valence-electron chi connectivity index (χ4n) is 1.49. The van der Waals surface area contributed by atoms with Gasteiger partial charge >= 0.3 is 5.97 Å². The van der Waals surface area contributed by atoms with E-state index < -0.39 is 5.97 Å². The Morgan fingerprint density at radius 2 is 2.41 bits per heavy atom. The number of hydrogen-bond donors (Lipinski definition) is 2. The van der Waals surface area contributed by atoms with Gasteiger partial charge in [-0.15, -0.1) is 0 Å². The van der Waals surface area contributed by atoms with Crippen LogP contribution in [0.3, 0.4) is 0 Å². The third kappa shape index (κ3) is 4.36. The summed E-state index contributed by atoms with van der Waals surface area (Å²) in [4.78, 5) is 14.8. The lowest BCUT2D eigenvalue weighted by atomic mass is 10.1. The fraction of sp³-hybridized carbons (Fsp3) is 0.385. The minimum absolute atomic E-state index is 0.159. The van der Waals surface area contributed by atoms with E-state index in [1.807, 2.05) is 26.0 Å². The second kappa shape index (κ2) is 6.81. The van der Waals surface area contributed by atoms with E-state index in [1.54, 1.807) is 18.5 Å². The van der Waals surface area contributed by atoms with Crippen LogP contribution in [0.5, 0.6) is 0 Å². The molecular formula is C13H18N2O2. The zero-order valence-corrected chi connectivity index (χ0v) is 10.2. The summed E-state index contributed by atoms with van der Waals surface area (Å²) in [5.41, 5.74) is 1.53. The van der Waals surface area contributed by atoms with Crippen LogP contribution >= 0.6 is 0 Å². The van der Waals surface area contributed by atoms with E-state index in [1.165, 1.54) is 0 Å². The summed E-state index contributed by atoms with van der Waals surface area (Å²) in [7, 11) is 0. The van der Waals surface area contributed by atoms with Crippen LogP contribution in [-0.4, -0.2) is 22.6 Å². The number of rotatable bonds is 6. The van der Waals surface area contributed by atoms with Gasteiger partial charge in [0.1, 0.15) is 0 Å². The highest BCUT2D eigenvalue weighted by Crippen LogP contribution is 2.09. The highest BCUT2D eigenvalue weighted by molar-refractivity contribution is 5.86. The fourth-order valence-corrected chi connectivity index (χ4v) is 1.49. The molecule has 4 nitrogen and oxygen atoms in total. The largest absolute Gasteiger partial charge is 0.478 e. The molecule has 0 saturated heterocycles. The Kier molecular flexibility index (Phi) is 5.36. The Balaban J connectivity index is 2.49. The zero-order chi connectivity index (χ0) is 12.7. The van der Waals surface area contributed by atoms with Crippen molar-refractivity contribution < 1.29 is 9.90 Å². The molecule has 0 bridgehead atoms. The average Bonchev–Trinajstić information content (AvgIpc) is 2.35. The predicted molar refractivity (Wildman–Crippen MR) is 66.7 cm³/mol. The van der Waals surface area contributed by atoms with Gasteiger partial charge in [0.15, 0.2) is 0 Å². The first kappa shape index (κ1) is 13.4. The van der Waals surface area contributed by atoms with E-state index in [2.05, 4.69) is 10.3 Å². The zero-order valence-electron chi connectivity index (χ0n) is 10.2. The van der Waals surface area contributed by atoms with Crippen LogP contribution in [-0.2, 0) is 4.79 Å². The maximum atomic E-state index is 10.8. The van der Waals surface area contributed by atoms with Gasteiger partial charge in [-0.1, -0.05) is 19.1 Å². The quantitative estimate of drug-likeness (QED) is 0.740. The van der Waals surface area contributed by atoms with E-state index in [-0.39, 0.29) is 6.04 Å². The van der Waals surface area contributed by atoms with Gasteiger partial charge in [-0.25, -0.2) is 4.79 Å². The van der Waals surface area contributed by atoms with Crippen molar-refractivity contribution in [1.82, 2.24) is 10.3 Å². The van der Waals surface area contributed by atoms with E-state index >= 15 is 0 Å². The van der Waals surface area contributed by atoms with Crippen LogP contribution in [0.1, 0.15) is 31.9 Å². The van der Waals surface area contributed by atoms with Crippen molar-refractivity contribution in [2.45, 2.75) is 26.3 Å². The molecule has 0 spiro atoms. The van der Waals surface area contributed by atoms with Crippen LogP contribution in [0.4, 0.5) is 0 Å². The molecule has 0 aliphatic rings. The molecule has 2 N–H and O–H groups in total. The molecule has 4 heteroatoms.